The lowest BCUT2D eigenvalue weighted by Crippen LogP contribution is -2.39. The van der Waals surface area contributed by atoms with E-state index in [9.17, 15) is 13.2 Å². The van der Waals surface area contributed by atoms with Crippen LogP contribution in [0.5, 0.6) is 5.88 Å². The first kappa shape index (κ1) is 23.8. The van der Waals surface area contributed by atoms with E-state index in [1.807, 2.05) is 38.1 Å². The maximum Gasteiger partial charge on any atom is 0.391 e. The Morgan fingerprint density at radius 2 is 1.97 bits per heavy atom. The quantitative estimate of drug-likeness (QED) is 0.510. The van der Waals surface area contributed by atoms with Crippen LogP contribution < -0.4 is 9.64 Å². The molecule has 0 amide bonds. The standard InChI is InChI=1S/C24H29F3N6O2/c1-14-8-19-21(29-15(14)2)30-23(33-5-7-34-20(13-33)17-11-28-32(3)12-17)31-22(19)35-6-4-16-9-18(10-16)24(25,26)27/h8,11-12,16,18,20H,4-7,9-10,13H2,1-3H3/t16?,18?,20-/m1/s1. The second kappa shape index (κ2) is 9.25. The van der Waals surface area contributed by atoms with Crippen LogP contribution in [0.4, 0.5) is 19.1 Å². The average molecular weight is 491 g/mol. The number of anilines is 1. The zero-order valence-electron chi connectivity index (χ0n) is 20.0. The van der Waals surface area contributed by atoms with E-state index in [0.29, 0.717) is 55.6 Å². The Morgan fingerprint density at radius 3 is 2.69 bits per heavy atom. The molecule has 1 saturated heterocycles. The molecule has 0 N–H and O–H groups in total. The summed E-state index contributed by atoms with van der Waals surface area (Å²) in [6, 6.07) is 1.96. The highest BCUT2D eigenvalue weighted by molar-refractivity contribution is 5.82. The number of ether oxygens (including phenoxy) is 2. The van der Waals surface area contributed by atoms with Gasteiger partial charge in [0.15, 0.2) is 5.65 Å². The number of aryl methyl sites for hydroxylation is 3. The van der Waals surface area contributed by atoms with Gasteiger partial charge in [0.05, 0.1) is 37.3 Å². The monoisotopic (exact) mass is 490 g/mol. The number of alkyl halides is 3. The van der Waals surface area contributed by atoms with E-state index < -0.39 is 12.1 Å². The molecule has 1 aliphatic carbocycles. The smallest absolute Gasteiger partial charge is 0.391 e. The van der Waals surface area contributed by atoms with E-state index in [1.54, 1.807) is 10.9 Å². The topological polar surface area (TPSA) is 78.2 Å². The predicted molar refractivity (Wildman–Crippen MR) is 123 cm³/mol. The number of halogens is 3. The van der Waals surface area contributed by atoms with Gasteiger partial charge in [-0.3, -0.25) is 4.68 Å². The van der Waals surface area contributed by atoms with Crippen molar-refractivity contribution in [3.8, 4) is 5.88 Å². The van der Waals surface area contributed by atoms with Crippen molar-refractivity contribution in [2.24, 2.45) is 18.9 Å². The Balaban J connectivity index is 1.34. The average Bonchev–Trinajstić information content (AvgIpc) is 3.21. The van der Waals surface area contributed by atoms with Gasteiger partial charge in [0.25, 0.3) is 0 Å². The first-order valence-electron chi connectivity index (χ1n) is 11.9. The molecule has 1 saturated carbocycles. The van der Waals surface area contributed by atoms with Crippen LogP contribution >= 0.6 is 0 Å². The Hall–Kier alpha value is -2.95. The minimum atomic E-state index is -4.10. The highest BCUT2D eigenvalue weighted by Crippen LogP contribution is 2.46. The van der Waals surface area contributed by atoms with E-state index in [0.717, 1.165) is 16.8 Å². The largest absolute Gasteiger partial charge is 0.477 e. The van der Waals surface area contributed by atoms with Gasteiger partial charge >= 0.3 is 6.18 Å². The molecule has 0 spiro atoms. The first-order chi connectivity index (χ1) is 16.7. The van der Waals surface area contributed by atoms with Crippen LogP contribution in [-0.2, 0) is 11.8 Å². The van der Waals surface area contributed by atoms with Crippen LogP contribution in [0.1, 0.15) is 42.2 Å². The number of pyridine rings is 1. The lowest BCUT2D eigenvalue weighted by Gasteiger charge is -2.36. The number of fused-ring (bicyclic) bond motifs is 1. The van der Waals surface area contributed by atoms with Crippen LogP contribution in [0.2, 0.25) is 0 Å². The summed E-state index contributed by atoms with van der Waals surface area (Å²) in [5.74, 6) is -0.239. The van der Waals surface area contributed by atoms with Gasteiger partial charge in [-0.05, 0) is 50.7 Å². The summed E-state index contributed by atoms with van der Waals surface area (Å²) in [6.45, 7) is 5.88. The number of nitrogens with zero attached hydrogens (tertiary/aromatic N) is 6. The maximum atomic E-state index is 12.8. The lowest BCUT2D eigenvalue weighted by molar-refractivity contribution is -0.205. The van der Waals surface area contributed by atoms with Crippen molar-refractivity contribution in [3.63, 3.8) is 0 Å². The highest BCUT2D eigenvalue weighted by Gasteiger charge is 2.47. The highest BCUT2D eigenvalue weighted by atomic mass is 19.4. The zero-order valence-corrected chi connectivity index (χ0v) is 20.0. The fourth-order valence-electron chi connectivity index (χ4n) is 4.66. The van der Waals surface area contributed by atoms with Crippen LogP contribution in [0, 0.1) is 25.7 Å². The summed E-state index contributed by atoms with van der Waals surface area (Å²) in [5, 5.41) is 4.94. The van der Waals surface area contributed by atoms with E-state index in [4.69, 9.17) is 19.4 Å². The number of hydrogen-bond donors (Lipinski definition) is 0. The molecule has 35 heavy (non-hydrogen) atoms. The number of morpholine rings is 1. The van der Waals surface area contributed by atoms with Gasteiger partial charge < -0.3 is 14.4 Å². The van der Waals surface area contributed by atoms with Gasteiger partial charge in [0.1, 0.15) is 6.10 Å². The lowest BCUT2D eigenvalue weighted by atomic mass is 9.73. The van der Waals surface area contributed by atoms with Crippen molar-refractivity contribution >= 4 is 17.0 Å². The van der Waals surface area contributed by atoms with E-state index >= 15 is 0 Å². The Bertz CT molecular complexity index is 1210. The summed E-state index contributed by atoms with van der Waals surface area (Å²) in [6.07, 6.45) is 0.379. The molecule has 1 atom stereocenters. The molecule has 3 aromatic heterocycles. The summed E-state index contributed by atoms with van der Waals surface area (Å²) in [5.41, 5.74) is 3.39. The van der Waals surface area contributed by atoms with Crippen LogP contribution in [0.25, 0.3) is 11.0 Å². The van der Waals surface area contributed by atoms with Gasteiger partial charge in [0, 0.05) is 31.0 Å². The summed E-state index contributed by atoms with van der Waals surface area (Å²) >= 11 is 0. The molecule has 3 aromatic rings. The molecule has 2 fully saturated rings. The molecule has 2 aliphatic rings. The van der Waals surface area contributed by atoms with Crippen molar-refractivity contribution in [3.05, 3.63) is 35.3 Å². The Labute approximate surface area is 201 Å². The third-order valence-corrected chi connectivity index (χ3v) is 6.99. The van der Waals surface area contributed by atoms with Crippen molar-refractivity contribution in [2.75, 3.05) is 31.2 Å². The fourth-order valence-corrected chi connectivity index (χ4v) is 4.66. The minimum Gasteiger partial charge on any atom is -0.477 e. The maximum absolute atomic E-state index is 12.8. The number of hydrogen-bond acceptors (Lipinski definition) is 7. The molecule has 0 aromatic carbocycles. The third-order valence-electron chi connectivity index (χ3n) is 6.99. The van der Waals surface area contributed by atoms with Crippen LogP contribution in [0.15, 0.2) is 18.5 Å². The van der Waals surface area contributed by atoms with Crippen molar-refractivity contribution in [1.29, 1.82) is 0 Å². The predicted octanol–water partition coefficient (Wildman–Crippen LogP) is 4.31. The molecule has 1 aliphatic heterocycles. The summed E-state index contributed by atoms with van der Waals surface area (Å²) in [4.78, 5) is 16.1. The Morgan fingerprint density at radius 1 is 1.17 bits per heavy atom. The molecule has 0 bridgehead atoms. The molecule has 0 unspecified atom stereocenters. The second-order valence-electron chi connectivity index (χ2n) is 9.56. The van der Waals surface area contributed by atoms with E-state index in [-0.39, 0.29) is 24.9 Å². The molecule has 4 heterocycles. The zero-order chi connectivity index (χ0) is 24.7. The first-order valence-corrected chi connectivity index (χ1v) is 11.9. The van der Waals surface area contributed by atoms with E-state index in [1.165, 1.54) is 0 Å². The molecule has 188 valence electrons. The molecular weight excluding hydrogens is 461 g/mol. The minimum absolute atomic E-state index is 0.0239. The van der Waals surface area contributed by atoms with Gasteiger partial charge in [-0.25, -0.2) is 4.98 Å². The number of aromatic nitrogens is 5. The van der Waals surface area contributed by atoms with Gasteiger partial charge in [-0.15, -0.1) is 0 Å². The summed E-state index contributed by atoms with van der Waals surface area (Å²) in [7, 11) is 1.86. The molecule has 8 nitrogen and oxygen atoms in total. The van der Waals surface area contributed by atoms with Crippen molar-refractivity contribution < 1.29 is 22.6 Å². The van der Waals surface area contributed by atoms with Gasteiger partial charge in [-0.1, -0.05) is 0 Å². The molecule has 0 radical (unpaired) electrons. The Kier molecular flexibility index (Phi) is 6.29. The normalized spacial score (nSPS) is 22.9. The summed E-state index contributed by atoms with van der Waals surface area (Å²) < 4.78 is 52.1. The SMILES string of the molecule is Cc1cc2c(OCCC3CC(C(F)(F)F)C3)nc(N3CCO[C@@H](c4cnn(C)c4)C3)nc2nc1C. The second-order valence-corrected chi connectivity index (χ2v) is 9.56. The fraction of sp³-hybridized carbons (Fsp3) is 0.583. The molecule has 11 heteroatoms. The van der Waals surface area contributed by atoms with Crippen LogP contribution in [0.3, 0.4) is 0 Å². The molecule has 5 rings (SSSR count). The van der Waals surface area contributed by atoms with E-state index in [2.05, 4.69) is 10.1 Å². The number of rotatable bonds is 6. The van der Waals surface area contributed by atoms with Gasteiger partial charge in [0.2, 0.25) is 11.8 Å². The van der Waals surface area contributed by atoms with Gasteiger partial charge in [-0.2, -0.15) is 28.2 Å². The van der Waals surface area contributed by atoms with Crippen molar-refractivity contribution in [1.82, 2.24) is 24.7 Å². The third kappa shape index (κ3) is 5.05. The molecular formula is C24H29F3N6O2. The van der Waals surface area contributed by atoms with Crippen LogP contribution in [-0.4, -0.2) is 57.2 Å². The van der Waals surface area contributed by atoms with Crippen molar-refractivity contribution in [2.45, 2.75) is 45.4 Å².